The number of rotatable bonds is 9. The predicted molar refractivity (Wildman–Crippen MR) is 288 cm³/mol. The van der Waals surface area contributed by atoms with E-state index >= 15 is 0 Å². The van der Waals surface area contributed by atoms with Gasteiger partial charge >= 0.3 is 0 Å². The maximum atomic E-state index is 10.8. The molecular formula is C63H43N5Si. The van der Waals surface area contributed by atoms with Gasteiger partial charge in [-0.25, -0.2) is 4.98 Å². The molecule has 10 aromatic carbocycles. The fourth-order valence-corrected chi connectivity index (χ4v) is 12.8. The lowest BCUT2D eigenvalue weighted by molar-refractivity contribution is 0.952. The minimum atomic E-state index is -5.30. The molecule has 0 amide bonds. The normalized spacial score (nSPS) is 18.5. The molecule has 0 fully saturated rings. The molecular weight excluding hydrogens is 855 g/mol. The van der Waals surface area contributed by atoms with Crippen LogP contribution in [0.15, 0.2) is 260 Å². The molecule has 0 radical (unpaired) electrons. The predicted octanol–water partition coefficient (Wildman–Crippen LogP) is 12.4. The van der Waals surface area contributed by atoms with Crippen molar-refractivity contribution in [3.05, 3.63) is 260 Å². The van der Waals surface area contributed by atoms with Gasteiger partial charge in [0.25, 0.3) is 0 Å². The van der Waals surface area contributed by atoms with Crippen molar-refractivity contribution < 1.29 is 45.2 Å². The van der Waals surface area contributed by atoms with Crippen LogP contribution in [-0.4, -0.2) is 32.2 Å². The van der Waals surface area contributed by atoms with Crippen molar-refractivity contribution in [1.82, 2.24) is 24.1 Å². The zero-order chi connectivity index (χ0) is 74.4. The van der Waals surface area contributed by atoms with Crippen molar-refractivity contribution in [3.63, 3.8) is 0 Å². The average Bonchev–Trinajstić information content (AvgIpc) is 1.34. The zero-order valence-corrected chi connectivity index (χ0v) is 36.0. The Morgan fingerprint density at radius 1 is 0.333 bits per heavy atom. The van der Waals surface area contributed by atoms with E-state index < -0.39 is 307 Å². The number of hydrogen-bond donors (Lipinski definition) is 0. The molecule has 3 heterocycles. The maximum absolute atomic E-state index is 10.8. The van der Waals surface area contributed by atoms with E-state index in [4.69, 9.17) is 32.8 Å². The molecule has 0 unspecified atom stereocenters. The summed E-state index contributed by atoms with van der Waals surface area (Å²) in [6.07, 6.45) is 0. The van der Waals surface area contributed by atoms with Gasteiger partial charge in [0.1, 0.15) is 0 Å². The highest BCUT2D eigenvalue weighted by atomic mass is 28.3. The van der Waals surface area contributed by atoms with Gasteiger partial charge in [0.15, 0.2) is 19.7 Å². The smallest absolute Gasteiger partial charge is 0.238 e. The number of fused-ring (bicyclic) bond motifs is 6. The van der Waals surface area contributed by atoms with Crippen LogP contribution in [0.25, 0.3) is 89.2 Å². The zero-order valence-electron chi connectivity index (χ0n) is 68.0. The Kier molecular flexibility index (Phi) is 4.59. The van der Waals surface area contributed by atoms with Crippen LogP contribution in [0.5, 0.6) is 0 Å². The number of benzene rings is 10. The first-order chi connectivity index (χ1) is 48.0. The van der Waals surface area contributed by atoms with E-state index in [0.29, 0.717) is 9.13 Å². The van der Waals surface area contributed by atoms with Crippen LogP contribution in [0, 0.1) is 0 Å². The van der Waals surface area contributed by atoms with Crippen LogP contribution in [0.2, 0.25) is 0 Å². The Labute approximate surface area is 447 Å². The molecule has 0 bridgehead atoms. The molecule has 13 rings (SSSR count). The van der Waals surface area contributed by atoms with E-state index in [1.165, 1.54) is 48.5 Å². The molecule has 0 aliphatic carbocycles. The summed E-state index contributed by atoms with van der Waals surface area (Å²) in [5.74, 6) is -3.15. The first-order valence-electron chi connectivity index (χ1n) is 37.3. The third-order valence-electron chi connectivity index (χ3n) is 11.4. The Morgan fingerprint density at radius 2 is 0.768 bits per heavy atom. The van der Waals surface area contributed by atoms with Crippen LogP contribution in [0.1, 0.15) is 45.2 Å². The summed E-state index contributed by atoms with van der Waals surface area (Å²) in [4.78, 5) is 14.2. The Balaban J connectivity index is 1.29. The maximum Gasteiger partial charge on any atom is 0.238 e. The lowest BCUT2D eigenvalue weighted by Crippen LogP contribution is -2.74. The number of aromatic nitrogens is 5. The average molecular weight is 931 g/mol. The van der Waals surface area contributed by atoms with Crippen molar-refractivity contribution in [3.8, 4) is 45.5 Å². The summed E-state index contributed by atoms with van der Waals surface area (Å²) < 4.78 is 309. The van der Waals surface area contributed by atoms with Gasteiger partial charge in [-0.05, 0) is 68.1 Å². The fraction of sp³-hybridized carbons (Fsp3) is 0. The quantitative estimate of drug-likeness (QED) is 0.107. The summed E-state index contributed by atoms with van der Waals surface area (Å²) in [7, 11) is -5.30. The third-order valence-corrected chi connectivity index (χ3v) is 15.8. The molecule has 69 heavy (non-hydrogen) atoms. The van der Waals surface area contributed by atoms with Gasteiger partial charge < -0.3 is 4.57 Å². The van der Waals surface area contributed by atoms with E-state index in [-0.39, 0.29) is 10.4 Å². The Morgan fingerprint density at radius 3 is 1.33 bits per heavy atom. The van der Waals surface area contributed by atoms with Gasteiger partial charge in [-0.2, -0.15) is 9.97 Å². The second kappa shape index (κ2) is 16.7. The van der Waals surface area contributed by atoms with Crippen LogP contribution < -0.4 is 20.7 Å². The van der Waals surface area contributed by atoms with Gasteiger partial charge in [-0.15, -0.1) is 0 Å². The molecule has 0 spiro atoms. The second-order valence-corrected chi connectivity index (χ2v) is 18.7. The number of para-hydroxylation sites is 5. The van der Waals surface area contributed by atoms with E-state index in [1.54, 1.807) is 12.1 Å². The highest BCUT2D eigenvalue weighted by Gasteiger charge is 2.42. The van der Waals surface area contributed by atoms with Crippen LogP contribution >= 0.6 is 0 Å². The summed E-state index contributed by atoms with van der Waals surface area (Å²) in [6, 6.07) is -16.9. The van der Waals surface area contributed by atoms with E-state index in [9.17, 15) is 27.4 Å². The molecule has 0 saturated heterocycles. The summed E-state index contributed by atoms with van der Waals surface area (Å²) in [5, 5.41) is -3.44. The van der Waals surface area contributed by atoms with Crippen LogP contribution in [-0.2, 0) is 0 Å². The Hall–Kier alpha value is -8.97. The molecule has 0 saturated carbocycles. The first kappa shape index (κ1) is 19.0. The van der Waals surface area contributed by atoms with Crippen molar-refractivity contribution in [2.24, 2.45) is 0 Å². The molecule has 324 valence electrons. The lowest BCUT2D eigenvalue weighted by Gasteiger charge is -2.35. The highest BCUT2D eigenvalue weighted by Crippen LogP contribution is 2.37. The molecule has 0 N–H and O–H groups in total. The third kappa shape index (κ3) is 6.64. The van der Waals surface area contributed by atoms with E-state index in [1.807, 2.05) is 0 Å². The molecule has 13 aromatic rings. The number of hydrogen-bond acceptors (Lipinski definition) is 3. The second-order valence-electron chi connectivity index (χ2n) is 15.1. The monoisotopic (exact) mass is 931 g/mol. The topological polar surface area (TPSA) is 48.5 Å². The van der Waals surface area contributed by atoms with Crippen LogP contribution in [0.3, 0.4) is 0 Å². The van der Waals surface area contributed by atoms with Crippen molar-refractivity contribution in [2.45, 2.75) is 0 Å². The molecule has 3 aromatic heterocycles. The number of nitrogens with zero attached hydrogens (tertiary/aromatic N) is 5. The minimum Gasteiger partial charge on any atom is -0.309 e. The van der Waals surface area contributed by atoms with Crippen molar-refractivity contribution in [2.75, 3.05) is 0 Å². The van der Waals surface area contributed by atoms with E-state index in [0.717, 1.165) is 0 Å². The van der Waals surface area contributed by atoms with Crippen molar-refractivity contribution in [1.29, 1.82) is 0 Å². The standard InChI is InChI=1S/C63H43N5Si/c1-4-22-44(23-5-1)45-24-20-30-49(42-45)69(47-26-6-2-7-27-47,48-28-8-3-9-29-48)50-31-21-25-46(43-50)61-64-62(66-63(65-61)68-58-39-17-12-34-53(58)54-35-13-18-40-59(54)68)55-36-14-19-41-60(55)67-56-37-15-10-32-51(56)52-33-11-16-38-57(52)67/h1-43H/i1D,4D,5D,10D,11D,12D,13D,14D,15D,16D,17D,18D,19D,20D,21D,22D,23D,24D,25D,30D,31D,32D,33D,34D,35D,36D,37D,38D,39D,40D,41D,42D,43D. The van der Waals surface area contributed by atoms with Crippen molar-refractivity contribution >= 4 is 72.4 Å². The fourth-order valence-electron chi connectivity index (χ4n) is 8.51. The molecule has 0 atom stereocenters. The molecule has 0 aliphatic heterocycles. The molecule has 5 nitrogen and oxygen atoms in total. The van der Waals surface area contributed by atoms with Gasteiger partial charge in [-0.3, -0.25) is 4.57 Å². The molecule has 6 heteroatoms. The Bertz CT molecular complexity index is 5780. The van der Waals surface area contributed by atoms with Gasteiger partial charge in [0.2, 0.25) is 5.95 Å². The van der Waals surface area contributed by atoms with Crippen LogP contribution in [0.4, 0.5) is 0 Å². The SMILES string of the molecule is [2H]c1c([2H])c([2H])c(-c2c([2H])c([2H])c([2H])c([Si](c3ccccc3)(c3ccccc3)c3c([2H])c([2H])c([2H])c(-c4nc(-c5c([2H])c([2H])c([2H])c([2H])c5-n5c6c([2H])c([2H])c([2H])c([2H])c6c6c([2H])c([2H])c([2H])c([2H])c65)nc(-n5c6c([2H])c([2H])c([2H])c([2H])c6c6c([2H])c([2H])c([2H])c([2H])c65)n4)c3[2H])c2[2H])c([2H])c1[2H]. The summed E-state index contributed by atoms with van der Waals surface area (Å²) in [5.41, 5.74) is -7.16. The summed E-state index contributed by atoms with van der Waals surface area (Å²) in [6.45, 7) is 0. The van der Waals surface area contributed by atoms with Gasteiger partial charge in [0, 0.05) is 32.7 Å². The molecule has 0 aliphatic rings. The van der Waals surface area contributed by atoms with Gasteiger partial charge in [0.05, 0.1) is 73.0 Å². The largest absolute Gasteiger partial charge is 0.309 e. The summed E-state index contributed by atoms with van der Waals surface area (Å²) >= 11 is 0. The lowest BCUT2D eigenvalue weighted by atomic mass is 10.1. The highest BCUT2D eigenvalue weighted by molar-refractivity contribution is 7.20. The first-order valence-corrected chi connectivity index (χ1v) is 22.8. The minimum absolute atomic E-state index is 0.0463. The van der Waals surface area contributed by atoms with Gasteiger partial charge in [-0.1, -0.05) is 224 Å². The van der Waals surface area contributed by atoms with E-state index in [2.05, 4.69) is 0 Å².